The molecule has 6 heteroatoms. The van der Waals surface area contributed by atoms with Gasteiger partial charge in [0.15, 0.2) is 0 Å². The first kappa shape index (κ1) is 14.7. The van der Waals surface area contributed by atoms with Crippen LogP contribution in [0.5, 0.6) is 0 Å². The first-order valence-electron chi connectivity index (χ1n) is 7.07. The number of likely N-dealkylation sites (N-methyl/N-ethyl adjacent to an activating group) is 1. The number of amides is 1. The summed E-state index contributed by atoms with van der Waals surface area (Å²) in [5.74, 6) is 0.716. The van der Waals surface area contributed by atoms with Crippen molar-refractivity contribution in [3.8, 4) is 0 Å². The number of nitrogens with zero attached hydrogens (tertiary/aromatic N) is 3. The molecular weight excluding hydrogens is 256 g/mol. The van der Waals surface area contributed by atoms with Gasteiger partial charge in [0.2, 0.25) is 0 Å². The van der Waals surface area contributed by atoms with E-state index in [2.05, 4.69) is 27.0 Å². The molecule has 1 aliphatic heterocycles. The van der Waals surface area contributed by atoms with Crippen molar-refractivity contribution >= 4 is 11.7 Å². The molecule has 1 aromatic rings. The molecule has 1 aliphatic rings. The maximum Gasteiger partial charge on any atom is 0.252 e. The predicted octanol–water partition coefficient (Wildman–Crippen LogP) is -0.0544. The van der Waals surface area contributed by atoms with Gasteiger partial charge in [0.05, 0.1) is 12.2 Å². The number of aromatic nitrogens is 1. The number of carbonyl (C=O) groups is 1. The third-order valence-corrected chi connectivity index (χ3v) is 3.55. The zero-order valence-electron chi connectivity index (χ0n) is 11.9. The summed E-state index contributed by atoms with van der Waals surface area (Å²) in [6.45, 7) is 7.51. The lowest BCUT2D eigenvalue weighted by molar-refractivity contribution is 0.0944. The number of aliphatic hydroxyl groups is 1. The quantitative estimate of drug-likeness (QED) is 0.790. The normalized spacial score (nSPS) is 16.2. The van der Waals surface area contributed by atoms with Crippen LogP contribution in [0.3, 0.4) is 0 Å². The van der Waals surface area contributed by atoms with Gasteiger partial charge in [-0.05, 0) is 18.7 Å². The molecule has 1 aromatic heterocycles. The second-order valence-corrected chi connectivity index (χ2v) is 4.81. The second kappa shape index (κ2) is 7.21. The first-order chi connectivity index (χ1) is 9.74. The van der Waals surface area contributed by atoms with E-state index in [9.17, 15) is 4.79 Å². The highest BCUT2D eigenvalue weighted by Crippen LogP contribution is 2.13. The average molecular weight is 278 g/mol. The monoisotopic (exact) mass is 278 g/mol. The Balaban J connectivity index is 1.93. The molecule has 1 saturated heterocycles. The molecule has 0 unspecified atom stereocenters. The Morgan fingerprint density at radius 2 is 2.10 bits per heavy atom. The lowest BCUT2D eigenvalue weighted by atomic mass is 10.2. The minimum Gasteiger partial charge on any atom is -0.395 e. The Hall–Kier alpha value is -1.66. The molecule has 0 aromatic carbocycles. The highest BCUT2D eigenvalue weighted by Gasteiger charge is 2.16. The van der Waals surface area contributed by atoms with Crippen molar-refractivity contribution in [1.29, 1.82) is 0 Å². The number of rotatable bonds is 5. The van der Waals surface area contributed by atoms with Crippen molar-refractivity contribution in [2.24, 2.45) is 0 Å². The zero-order chi connectivity index (χ0) is 14.4. The number of nitrogens with one attached hydrogen (secondary N) is 1. The van der Waals surface area contributed by atoms with Gasteiger partial charge in [-0.15, -0.1) is 0 Å². The van der Waals surface area contributed by atoms with Crippen molar-refractivity contribution in [2.45, 2.75) is 6.92 Å². The van der Waals surface area contributed by atoms with E-state index in [0.717, 1.165) is 38.5 Å². The summed E-state index contributed by atoms with van der Waals surface area (Å²) >= 11 is 0. The number of hydrogen-bond acceptors (Lipinski definition) is 5. The van der Waals surface area contributed by atoms with Crippen LogP contribution < -0.4 is 10.2 Å². The molecule has 0 spiro atoms. The van der Waals surface area contributed by atoms with Gasteiger partial charge in [0.1, 0.15) is 5.82 Å². The van der Waals surface area contributed by atoms with Crippen LogP contribution in [0.4, 0.5) is 5.82 Å². The van der Waals surface area contributed by atoms with Crippen molar-refractivity contribution in [1.82, 2.24) is 15.2 Å². The van der Waals surface area contributed by atoms with E-state index in [0.29, 0.717) is 5.56 Å². The standard InChI is InChI=1S/C14H22N4O2/c1-2-17-6-8-18(9-7-17)13-4-3-12(11-16-13)14(20)15-5-10-19/h3-4,11,19H,2,5-10H2,1H3,(H,15,20). The van der Waals surface area contributed by atoms with Crippen LogP contribution in [-0.2, 0) is 0 Å². The summed E-state index contributed by atoms with van der Waals surface area (Å²) in [5.41, 5.74) is 0.523. The number of piperazine rings is 1. The number of hydrogen-bond donors (Lipinski definition) is 2. The van der Waals surface area contributed by atoms with Crippen molar-refractivity contribution in [3.05, 3.63) is 23.9 Å². The van der Waals surface area contributed by atoms with Gasteiger partial charge in [-0.1, -0.05) is 6.92 Å². The SMILES string of the molecule is CCN1CCN(c2ccc(C(=O)NCCO)cn2)CC1. The molecule has 1 amide bonds. The number of aliphatic hydroxyl groups excluding tert-OH is 1. The van der Waals surface area contributed by atoms with Gasteiger partial charge in [0, 0.05) is 38.9 Å². The Labute approximate surface area is 119 Å². The van der Waals surface area contributed by atoms with Crippen molar-refractivity contribution < 1.29 is 9.90 Å². The molecule has 20 heavy (non-hydrogen) atoms. The van der Waals surface area contributed by atoms with Crippen LogP contribution in [-0.4, -0.2) is 66.8 Å². The van der Waals surface area contributed by atoms with E-state index < -0.39 is 0 Å². The topological polar surface area (TPSA) is 68.7 Å². The third-order valence-electron chi connectivity index (χ3n) is 3.55. The lowest BCUT2D eigenvalue weighted by Gasteiger charge is -2.34. The second-order valence-electron chi connectivity index (χ2n) is 4.81. The predicted molar refractivity (Wildman–Crippen MR) is 78.0 cm³/mol. The smallest absolute Gasteiger partial charge is 0.252 e. The van der Waals surface area contributed by atoms with E-state index in [4.69, 9.17) is 5.11 Å². The Kier molecular flexibility index (Phi) is 5.31. The largest absolute Gasteiger partial charge is 0.395 e. The third kappa shape index (κ3) is 3.68. The molecule has 0 atom stereocenters. The number of carbonyl (C=O) groups excluding carboxylic acids is 1. The van der Waals surface area contributed by atoms with Crippen LogP contribution in [0, 0.1) is 0 Å². The first-order valence-corrected chi connectivity index (χ1v) is 7.07. The van der Waals surface area contributed by atoms with Crippen LogP contribution in [0.25, 0.3) is 0 Å². The number of pyridine rings is 1. The van der Waals surface area contributed by atoms with E-state index in [1.807, 2.05) is 6.07 Å². The van der Waals surface area contributed by atoms with Crippen LogP contribution >= 0.6 is 0 Å². The highest BCUT2D eigenvalue weighted by molar-refractivity contribution is 5.94. The molecule has 0 radical (unpaired) electrons. The molecular formula is C14H22N4O2. The van der Waals surface area contributed by atoms with Crippen LogP contribution in [0.15, 0.2) is 18.3 Å². The van der Waals surface area contributed by atoms with Gasteiger partial charge < -0.3 is 20.2 Å². The van der Waals surface area contributed by atoms with E-state index in [-0.39, 0.29) is 19.1 Å². The minimum absolute atomic E-state index is 0.0566. The van der Waals surface area contributed by atoms with E-state index in [1.54, 1.807) is 12.3 Å². The molecule has 110 valence electrons. The Morgan fingerprint density at radius 3 is 2.65 bits per heavy atom. The maximum absolute atomic E-state index is 11.7. The summed E-state index contributed by atoms with van der Waals surface area (Å²) in [7, 11) is 0. The summed E-state index contributed by atoms with van der Waals surface area (Å²) in [6.07, 6.45) is 1.59. The average Bonchev–Trinajstić information content (AvgIpc) is 2.53. The fraction of sp³-hybridized carbons (Fsp3) is 0.571. The Bertz CT molecular complexity index is 427. The minimum atomic E-state index is -0.200. The molecule has 2 heterocycles. The highest BCUT2D eigenvalue weighted by atomic mass is 16.3. The zero-order valence-corrected chi connectivity index (χ0v) is 11.9. The van der Waals surface area contributed by atoms with Gasteiger partial charge in [-0.25, -0.2) is 4.98 Å². The van der Waals surface area contributed by atoms with Crippen molar-refractivity contribution in [3.63, 3.8) is 0 Å². The molecule has 6 nitrogen and oxygen atoms in total. The molecule has 2 N–H and O–H groups in total. The van der Waals surface area contributed by atoms with E-state index >= 15 is 0 Å². The summed E-state index contributed by atoms with van der Waals surface area (Å²) in [4.78, 5) is 20.7. The lowest BCUT2D eigenvalue weighted by Crippen LogP contribution is -2.46. The van der Waals surface area contributed by atoms with Gasteiger partial charge >= 0.3 is 0 Å². The summed E-state index contributed by atoms with van der Waals surface area (Å²) in [5, 5.41) is 11.3. The van der Waals surface area contributed by atoms with Gasteiger partial charge in [-0.3, -0.25) is 4.79 Å². The Morgan fingerprint density at radius 1 is 1.35 bits per heavy atom. The van der Waals surface area contributed by atoms with Crippen LogP contribution in [0.2, 0.25) is 0 Å². The van der Waals surface area contributed by atoms with Crippen molar-refractivity contribution in [2.75, 3.05) is 50.8 Å². The molecule has 1 fully saturated rings. The fourth-order valence-corrected chi connectivity index (χ4v) is 2.27. The molecule has 0 saturated carbocycles. The van der Waals surface area contributed by atoms with Crippen LogP contribution in [0.1, 0.15) is 17.3 Å². The van der Waals surface area contributed by atoms with E-state index in [1.165, 1.54) is 0 Å². The number of anilines is 1. The van der Waals surface area contributed by atoms with Gasteiger partial charge in [0.25, 0.3) is 5.91 Å². The maximum atomic E-state index is 11.7. The van der Waals surface area contributed by atoms with Gasteiger partial charge in [-0.2, -0.15) is 0 Å². The molecule has 2 rings (SSSR count). The molecule has 0 bridgehead atoms. The fourth-order valence-electron chi connectivity index (χ4n) is 2.27. The summed E-state index contributed by atoms with van der Waals surface area (Å²) in [6, 6.07) is 3.66. The molecule has 0 aliphatic carbocycles. The summed E-state index contributed by atoms with van der Waals surface area (Å²) < 4.78 is 0.